The number of phenolic OH excluding ortho intramolecular Hbond substituents is 1. The highest BCUT2D eigenvalue weighted by atomic mass is 16.3. The normalized spacial score (nSPS) is 15.7. The molecule has 1 fully saturated rings. The molecule has 0 radical (unpaired) electrons. The minimum Gasteiger partial charge on any atom is -0.507 e. The van der Waals surface area contributed by atoms with Gasteiger partial charge in [-0.05, 0) is 68.2 Å². The number of aromatic hydroxyl groups is 1. The summed E-state index contributed by atoms with van der Waals surface area (Å²) in [5.41, 5.74) is 5.63. The van der Waals surface area contributed by atoms with Crippen LogP contribution in [0.5, 0.6) is 5.75 Å². The highest BCUT2D eigenvalue weighted by Crippen LogP contribution is 2.37. The first kappa shape index (κ1) is 16.5. The first-order chi connectivity index (χ1) is 13.2. The molecule has 27 heavy (non-hydrogen) atoms. The van der Waals surface area contributed by atoms with Gasteiger partial charge in [0.25, 0.3) is 0 Å². The van der Waals surface area contributed by atoms with Gasteiger partial charge in [0.1, 0.15) is 5.75 Å². The van der Waals surface area contributed by atoms with Crippen molar-refractivity contribution in [2.24, 2.45) is 0 Å². The first-order valence-corrected chi connectivity index (χ1v) is 9.82. The van der Waals surface area contributed by atoms with Crippen LogP contribution in [0.4, 0.5) is 0 Å². The van der Waals surface area contributed by atoms with E-state index in [9.17, 15) is 5.11 Å². The number of aryl methyl sites for hydroxylation is 1. The van der Waals surface area contributed by atoms with Gasteiger partial charge in [0.05, 0.1) is 0 Å². The Bertz CT molecular complexity index is 1120. The summed E-state index contributed by atoms with van der Waals surface area (Å²) in [5, 5.41) is 13.5. The van der Waals surface area contributed by atoms with Gasteiger partial charge in [-0.15, -0.1) is 0 Å². The van der Waals surface area contributed by atoms with Gasteiger partial charge in [0, 0.05) is 51.9 Å². The van der Waals surface area contributed by atoms with Crippen LogP contribution >= 0.6 is 0 Å². The summed E-state index contributed by atoms with van der Waals surface area (Å²) in [5.74, 6) is 0.356. The predicted octanol–water partition coefficient (Wildman–Crippen LogP) is 5.32. The molecule has 2 aromatic carbocycles. The number of rotatable bonds is 3. The molecular formula is C23H25N3O. The maximum atomic E-state index is 10.3. The Morgan fingerprint density at radius 2 is 1.81 bits per heavy atom. The number of benzene rings is 2. The first-order valence-electron chi connectivity index (χ1n) is 9.82. The highest BCUT2D eigenvalue weighted by Gasteiger charge is 2.14. The lowest BCUT2D eigenvalue weighted by molar-refractivity contribution is 0.221. The second-order valence-corrected chi connectivity index (χ2v) is 7.81. The molecule has 0 spiro atoms. The summed E-state index contributed by atoms with van der Waals surface area (Å²) in [6.45, 7) is 5.42. The minimum atomic E-state index is 0.356. The molecule has 3 heterocycles. The van der Waals surface area contributed by atoms with E-state index in [0.717, 1.165) is 39.7 Å². The molecule has 0 amide bonds. The topological polar surface area (TPSA) is 55.0 Å². The van der Waals surface area contributed by atoms with E-state index in [4.69, 9.17) is 0 Å². The molecule has 1 saturated heterocycles. The molecule has 4 nitrogen and oxygen atoms in total. The largest absolute Gasteiger partial charge is 0.507 e. The van der Waals surface area contributed by atoms with Crippen molar-refractivity contribution in [2.45, 2.75) is 32.7 Å². The number of hydrogen-bond donors (Lipinski definition) is 3. The van der Waals surface area contributed by atoms with Crippen molar-refractivity contribution in [2.75, 3.05) is 13.1 Å². The number of fused-ring (bicyclic) bond motifs is 2. The van der Waals surface area contributed by atoms with Crippen LogP contribution in [0, 0.1) is 6.92 Å². The number of aromatic amines is 2. The SMILES string of the molecule is Cc1cc(-c2cc3cc(CN4CCCCC4)ccc3[nH]2)c2c[nH]cc2c1O. The van der Waals surface area contributed by atoms with Gasteiger partial charge < -0.3 is 15.1 Å². The predicted molar refractivity (Wildman–Crippen MR) is 111 cm³/mol. The van der Waals surface area contributed by atoms with E-state index in [1.165, 1.54) is 43.3 Å². The summed E-state index contributed by atoms with van der Waals surface area (Å²) >= 11 is 0. The average Bonchev–Trinajstić information content (AvgIpc) is 3.32. The van der Waals surface area contributed by atoms with Crippen LogP contribution in [-0.2, 0) is 6.54 Å². The number of nitrogens with one attached hydrogen (secondary N) is 2. The van der Waals surface area contributed by atoms with Gasteiger partial charge in [-0.3, -0.25) is 4.90 Å². The highest BCUT2D eigenvalue weighted by molar-refractivity contribution is 6.02. The van der Waals surface area contributed by atoms with Crippen molar-refractivity contribution in [3.8, 4) is 17.0 Å². The number of nitrogens with zero attached hydrogens (tertiary/aromatic N) is 1. The Hall–Kier alpha value is -2.72. The van der Waals surface area contributed by atoms with E-state index in [1.54, 1.807) is 0 Å². The monoisotopic (exact) mass is 359 g/mol. The zero-order valence-electron chi connectivity index (χ0n) is 15.7. The van der Waals surface area contributed by atoms with Gasteiger partial charge in [-0.25, -0.2) is 0 Å². The van der Waals surface area contributed by atoms with E-state index >= 15 is 0 Å². The number of phenols is 1. The second kappa shape index (κ2) is 6.46. The number of likely N-dealkylation sites (tertiary alicyclic amines) is 1. The molecule has 2 aromatic heterocycles. The Labute approximate surface area is 158 Å². The fourth-order valence-corrected chi connectivity index (χ4v) is 4.38. The maximum absolute atomic E-state index is 10.3. The quantitative estimate of drug-likeness (QED) is 0.464. The summed E-state index contributed by atoms with van der Waals surface area (Å²) < 4.78 is 0. The molecule has 138 valence electrons. The molecule has 0 atom stereocenters. The molecule has 3 N–H and O–H groups in total. The molecule has 0 unspecified atom stereocenters. The molecule has 0 aliphatic carbocycles. The summed E-state index contributed by atoms with van der Waals surface area (Å²) in [6.07, 6.45) is 7.83. The second-order valence-electron chi connectivity index (χ2n) is 7.81. The molecule has 4 heteroatoms. The van der Waals surface area contributed by atoms with Crippen LogP contribution in [0.15, 0.2) is 42.7 Å². The summed E-state index contributed by atoms with van der Waals surface area (Å²) in [4.78, 5) is 9.25. The molecule has 1 aliphatic heterocycles. The zero-order valence-corrected chi connectivity index (χ0v) is 15.7. The third kappa shape index (κ3) is 2.90. The zero-order chi connectivity index (χ0) is 18.4. The van der Waals surface area contributed by atoms with Crippen molar-refractivity contribution >= 4 is 21.7 Å². The van der Waals surface area contributed by atoms with Crippen LogP contribution < -0.4 is 0 Å². The van der Waals surface area contributed by atoms with Crippen molar-refractivity contribution in [1.82, 2.24) is 14.9 Å². The van der Waals surface area contributed by atoms with Crippen molar-refractivity contribution < 1.29 is 5.11 Å². The molecule has 0 bridgehead atoms. The Balaban J connectivity index is 1.53. The van der Waals surface area contributed by atoms with Crippen LogP contribution in [-0.4, -0.2) is 33.1 Å². The van der Waals surface area contributed by atoms with Gasteiger partial charge in [-0.1, -0.05) is 12.5 Å². The smallest absolute Gasteiger partial charge is 0.127 e. The average molecular weight is 359 g/mol. The van der Waals surface area contributed by atoms with Crippen LogP contribution in [0.1, 0.15) is 30.4 Å². The van der Waals surface area contributed by atoms with Gasteiger partial charge in [-0.2, -0.15) is 0 Å². The molecule has 4 aromatic rings. The minimum absolute atomic E-state index is 0.356. The Morgan fingerprint density at radius 3 is 2.67 bits per heavy atom. The van der Waals surface area contributed by atoms with E-state index in [0.29, 0.717) is 5.75 Å². The number of hydrogen-bond acceptors (Lipinski definition) is 2. The van der Waals surface area contributed by atoms with Crippen molar-refractivity contribution in [1.29, 1.82) is 0 Å². The van der Waals surface area contributed by atoms with E-state index < -0.39 is 0 Å². The van der Waals surface area contributed by atoms with Crippen molar-refractivity contribution in [3.63, 3.8) is 0 Å². The fraction of sp³-hybridized carbons (Fsp3) is 0.304. The number of H-pyrrole nitrogens is 2. The molecule has 1 aliphatic rings. The van der Waals surface area contributed by atoms with E-state index in [-0.39, 0.29) is 0 Å². The van der Waals surface area contributed by atoms with E-state index in [2.05, 4.69) is 45.2 Å². The standard InChI is InChI=1S/C23H25N3O/c1-15-9-18(19-12-24-13-20(19)23(15)27)22-11-17-10-16(5-6-21(17)25-22)14-26-7-3-2-4-8-26/h5-6,9-13,24-25,27H,2-4,7-8,14H2,1H3. The number of piperidine rings is 1. The lowest BCUT2D eigenvalue weighted by atomic mass is 10.0. The van der Waals surface area contributed by atoms with E-state index in [1.807, 2.05) is 19.3 Å². The van der Waals surface area contributed by atoms with Gasteiger partial charge >= 0.3 is 0 Å². The summed E-state index contributed by atoms with van der Waals surface area (Å²) in [6, 6.07) is 11.0. The lowest BCUT2D eigenvalue weighted by Crippen LogP contribution is -2.28. The van der Waals surface area contributed by atoms with Crippen LogP contribution in [0.2, 0.25) is 0 Å². The summed E-state index contributed by atoms with van der Waals surface area (Å²) in [7, 11) is 0. The number of aromatic nitrogens is 2. The fourth-order valence-electron chi connectivity index (χ4n) is 4.38. The maximum Gasteiger partial charge on any atom is 0.127 e. The molecular weight excluding hydrogens is 334 g/mol. The van der Waals surface area contributed by atoms with Crippen LogP contribution in [0.25, 0.3) is 32.9 Å². The van der Waals surface area contributed by atoms with Gasteiger partial charge in [0.15, 0.2) is 0 Å². The lowest BCUT2D eigenvalue weighted by Gasteiger charge is -2.26. The Morgan fingerprint density at radius 1 is 1.00 bits per heavy atom. The molecule has 0 saturated carbocycles. The third-order valence-corrected chi connectivity index (χ3v) is 5.86. The van der Waals surface area contributed by atoms with Crippen molar-refractivity contribution in [3.05, 3.63) is 53.9 Å². The Kier molecular flexibility index (Phi) is 3.94. The van der Waals surface area contributed by atoms with Gasteiger partial charge in [0.2, 0.25) is 0 Å². The molecule has 5 rings (SSSR count). The third-order valence-electron chi connectivity index (χ3n) is 5.86. The van der Waals surface area contributed by atoms with Crippen LogP contribution in [0.3, 0.4) is 0 Å².